The molecule has 1 amide bonds. The number of benzene rings is 1. The first-order chi connectivity index (χ1) is 10.5. The lowest BCUT2D eigenvalue weighted by Crippen LogP contribution is -2.40. The van der Waals surface area contributed by atoms with Crippen molar-refractivity contribution in [2.24, 2.45) is 5.92 Å². The van der Waals surface area contributed by atoms with E-state index in [0.717, 1.165) is 4.70 Å². The van der Waals surface area contributed by atoms with Crippen LogP contribution in [-0.4, -0.2) is 35.0 Å². The zero-order valence-corrected chi connectivity index (χ0v) is 13.0. The van der Waals surface area contributed by atoms with Crippen LogP contribution in [0, 0.1) is 18.7 Å². The first-order valence-corrected chi connectivity index (χ1v) is 8.00. The van der Waals surface area contributed by atoms with Crippen molar-refractivity contribution in [3.05, 3.63) is 34.5 Å². The molecule has 1 aromatic carbocycles. The zero-order chi connectivity index (χ0) is 15.9. The first-order valence-electron chi connectivity index (χ1n) is 7.18. The molecule has 1 aliphatic rings. The van der Waals surface area contributed by atoms with Gasteiger partial charge in [0.2, 0.25) is 0 Å². The largest absolute Gasteiger partial charge is 0.481 e. The summed E-state index contributed by atoms with van der Waals surface area (Å²) in [4.78, 5) is 25.8. The fraction of sp³-hybridized carbons (Fsp3) is 0.375. The molecular weight excluding hydrogens is 305 g/mol. The van der Waals surface area contributed by atoms with Crippen molar-refractivity contribution in [2.75, 3.05) is 13.1 Å². The maximum Gasteiger partial charge on any atom is 0.306 e. The Kier molecular flexibility index (Phi) is 3.87. The van der Waals surface area contributed by atoms with Crippen LogP contribution in [0.1, 0.15) is 28.1 Å². The number of aliphatic carboxylic acids is 1. The smallest absolute Gasteiger partial charge is 0.306 e. The van der Waals surface area contributed by atoms with Crippen LogP contribution in [0.4, 0.5) is 4.39 Å². The molecule has 6 heteroatoms. The molecule has 0 atom stereocenters. The van der Waals surface area contributed by atoms with E-state index in [1.807, 2.05) is 6.07 Å². The average molecular weight is 321 g/mol. The Morgan fingerprint density at radius 1 is 1.32 bits per heavy atom. The second kappa shape index (κ2) is 5.68. The number of aryl methyl sites for hydroxylation is 1. The maximum absolute atomic E-state index is 13.9. The number of likely N-dealkylation sites (tertiary alicyclic amines) is 1. The molecule has 0 unspecified atom stereocenters. The Balaban J connectivity index is 1.86. The molecule has 3 rings (SSSR count). The predicted molar refractivity (Wildman–Crippen MR) is 82.8 cm³/mol. The Morgan fingerprint density at radius 3 is 2.59 bits per heavy atom. The second-order valence-electron chi connectivity index (χ2n) is 5.57. The van der Waals surface area contributed by atoms with Crippen LogP contribution in [0.15, 0.2) is 18.2 Å². The van der Waals surface area contributed by atoms with Gasteiger partial charge in [-0.3, -0.25) is 9.59 Å². The predicted octanol–water partition coefficient (Wildman–Crippen LogP) is 3.29. The van der Waals surface area contributed by atoms with Gasteiger partial charge in [0.1, 0.15) is 5.82 Å². The van der Waals surface area contributed by atoms with Crippen LogP contribution in [-0.2, 0) is 4.79 Å². The van der Waals surface area contributed by atoms with E-state index in [-0.39, 0.29) is 17.6 Å². The number of carboxylic acid groups (broad SMARTS) is 1. The molecular formula is C16H16FNO3S. The zero-order valence-electron chi connectivity index (χ0n) is 12.1. The number of thiophene rings is 1. The Bertz CT molecular complexity index is 747. The van der Waals surface area contributed by atoms with E-state index < -0.39 is 5.97 Å². The number of halogens is 1. The van der Waals surface area contributed by atoms with E-state index in [9.17, 15) is 14.0 Å². The monoisotopic (exact) mass is 321 g/mol. The summed E-state index contributed by atoms with van der Waals surface area (Å²) in [5.41, 5.74) is 0.670. The number of amides is 1. The van der Waals surface area contributed by atoms with E-state index in [4.69, 9.17) is 5.11 Å². The summed E-state index contributed by atoms with van der Waals surface area (Å²) in [6.07, 6.45) is 0.943. The number of carbonyl (C=O) groups is 2. The van der Waals surface area contributed by atoms with Gasteiger partial charge in [0.15, 0.2) is 0 Å². The van der Waals surface area contributed by atoms with Crippen LogP contribution < -0.4 is 0 Å². The molecule has 116 valence electrons. The summed E-state index contributed by atoms with van der Waals surface area (Å²) < 4.78 is 14.7. The van der Waals surface area contributed by atoms with Crippen molar-refractivity contribution in [1.29, 1.82) is 0 Å². The normalized spacial score (nSPS) is 16.2. The summed E-state index contributed by atoms with van der Waals surface area (Å²) in [6, 6.07) is 4.85. The summed E-state index contributed by atoms with van der Waals surface area (Å²) in [5, 5.41) is 9.52. The van der Waals surface area contributed by atoms with E-state index >= 15 is 0 Å². The van der Waals surface area contributed by atoms with Gasteiger partial charge in [-0.1, -0.05) is 6.07 Å². The minimum absolute atomic E-state index is 0.123. The molecule has 4 nitrogen and oxygen atoms in total. The molecule has 0 spiro atoms. The average Bonchev–Trinajstić information content (AvgIpc) is 2.85. The molecule has 1 fully saturated rings. The quantitative estimate of drug-likeness (QED) is 0.923. The molecule has 1 saturated heterocycles. The molecule has 2 aromatic rings. The molecule has 0 saturated carbocycles. The van der Waals surface area contributed by atoms with Crippen LogP contribution in [0.25, 0.3) is 10.1 Å². The lowest BCUT2D eigenvalue weighted by atomic mass is 9.97. The molecule has 1 N–H and O–H groups in total. The third-order valence-corrected chi connectivity index (χ3v) is 5.47. The second-order valence-corrected chi connectivity index (χ2v) is 6.63. The highest BCUT2D eigenvalue weighted by Crippen LogP contribution is 2.34. The van der Waals surface area contributed by atoms with Gasteiger partial charge in [-0.05, 0) is 37.5 Å². The Labute approximate surface area is 131 Å². The molecule has 2 heterocycles. The maximum atomic E-state index is 13.9. The highest BCUT2D eigenvalue weighted by atomic mass is 32.1. The lowest BCUT2D eigenvalue weighted by Gasteiger charge is -2.30. The minimum Gasteiger partial charge on any atom is -0.481 e. The fourth-order valence-electron chi connectivity index (χ4n) is 2.93. The van der Waals surface area contributed by atoms with Gasteiger partial charge in [-0.2, -0.15) is 0 Å². The fourth-order valence-corrected chi connectivity index (χ4v) is 4.12. The summed E-state index contributed by atoms with van der Waals surface area (Å²) >= 11 is 1.30. The number of rotatable bonds is 2. The van der Waals surface area contributed by atoms with Crippen LogP contribution >= 0.6 is 11.3 Å². The van der Waals surface area contributed by atoms with Gasteiger partial charge in [0.25, 0.3) is 5.91 Å². The van der Waals surface area contributed by atoms with Gasteiger partial charge in [-0.25, -0.2) is 4.39 Å². The Hall–Kier alpha value is -1.95. The Morgan fingerprint density at radius 2 is 2.00 bits per heavy atom. The summed E-state index contributed by atoms with van der Waals surface area (Å²) in [7, 11) is 0. The van der Waals surface area contributed by atoms with E-state index in [1.165, 1.54) is 17.4 Å². The van der Waals surface area contributed by atoms with E-state index in [0.29, 0.717) is 41.8 Å². The van der Waals surface area contributed by atoms with Gasteiger partial charge in [0, 0.05) is 23.2 Å². The van der Waals surface area contributed by atoms with Gasteiger partial charge in [0.05, 0.1) is 10.8 Å². The number of carbonyl (C=O) groups excluding carboxylic acids is 1. The van der Waals surface area contributed by atoms with Gasteiger partial charge >= 0.3 is 5.97 Å². The topological polar surface area (TPSA) is 57.6 Å². The van der Waals surface area contributed by atoms with Crippen LogP contribution in [0.5, 0.6) is 0 Å². The third-order valence-electron chi connectivity index (χ3n) is 4.23. The van der Waals surface area contributed by atoms with Gasteiger partial charge in [-0.15, -0.1) is 11.3 Å². The minimum atomic E-state index is -0.799. The number of fused-ring (bicyclic) bond motifs is 1. The summed E-state index contributed by atoms with van der Waals surface area (Å²) in [6.45, 7) is 2.64. The van der Waals surface area contributed by atoms with E-state index in [1.54, 1.807) is 17.9 Å². The molecule has 1 aliphatic heterocycles. The lowest BCUT2D eigenvalue weighted by molar-refractivity contribution is -0.143. The van der Waals surface area contributed by atoms with Crippen molar-refractivity contribution in [2.45, 2.75) is 19.8 Å². The number of piperidine rings is 1. The number of hydrogen-bond donors (Lipinski definition) is 1. The SMILES string of the molecule is Cc1c(C(=O)N2CCC(C(=O)O)CC2)sc2cccc(F)c12. The van der Waals surface area contributed by atoms with Crippen LogP contribution in [0.2, 0.25) is 0 Å². The van der Waals surface area contributed by atoms with E-state index in [2.05, 4.69) is 0 Å². The molecule has 1 aromatic heterocycles. The third kappa shape index (κ3) is 2.47. The van der Waals surface area contributed by atoms with Crippen molar-refractivity contribution < 1.29 is 19.1 Å². The molecule has 22 heavy (non-hydrogen) atoms. The highest BCUT2D eigenvalue weighted by molar-refractivity contribution is 7.21. The van der Waals surface area contributed by atoms with Crippen LogP contribution in [0.3, 0.4) is 0 Å². The molecule has 0 aliphatic carbocycles. The van der Waals surface area contributed by atoms with Crippen molar-refractivity contribution in [3.8, 4) is 0 Å². The summed E-state index contributed by atoms with van der Waals surface area (Å²) in [5.74, 6) is -1.60. The van der Waals surface area contributed by atoms with Gasteiger partial charge < -0.3 is 10.0 Å². The standard InChI is InChI=1S/C16H16FNO3S/c1-9-13-11(17)3-2-4-12(13)22-14(9)15(19)18-7-5-10(6-8-18)16(20)21/h2-4,10H,5-8H2,1H3,(H,20,21). The van der Waals surface area contributed by atoms with Crippen molar-refractivity contribution in [3.63, 3.8) is 0 Å². The highest BCUT2D eigenvalue weighted by Gasteiger charge is 2.29. The first kappa shape index (κ1) is 15.0. The number of carboxylic acids is 1. The molecule has 0 radical (unpaired) electrons. The molecule has 0 bridgehead atoms. The number of nitrogens with zero attached hydrogens (tertiary/aromatic N) is 1. The van der Waals surface area contributed by atoms with Crippen molar-refractivity contribution >= 4 is 33.3 Å². The number of hydrogen-bond acceptors (Lipinski definition) is 3. The van der Waals surface area contributed by atoms with Crippen molar-refractivity contribution in [1.82, 2.24) is 4.90 Å².